The minimum absolute atomic E-state index is 0.101. The van der Waals surface area contributed by atoms with Crippen molar-refractivity contribution in [3.05, 3.63) is 52.2 Å². The first-order valence-electron chi connectivity index (χ1n) is 12.4. The standard InChI is InChI=1S/C26H34S16/c1-25(2,32-10)13-15(27-5)37-22(35-13)24-41-19(31-9)20(42-24)33-11-12-34-26(3,4)14-16(28-6)38-21(36-14)23-39-17(29-7)18(30-8)40-23/h11-12H2,1-10H3/b24-22-. The molecule has 0 bridgehead atoms. The number of hydrogen-bond acceptors (Lipinski definition) is 16. The van der Waals surface area contributed by atoms with Crippen LogP contribution in [0.15, 0.2) is 52.2 Å². The van der Waals surface area contributed by atoms with Crippen molar-refractivity contribution in [2.24, 2.45) is 0 Å². The molecule has 0 saturated carbocycles. The summed E-state index contributed by atoms with van der Waals surface area (Å²) in [4.78, 5) is 3.07. The molecule has 4 aliphatic heterocycles. The predicted molar refractivity (Wildman–Crippen MR) is 237 cm³/mol. The first-order chi connectivity index (χ1) is 20.0. The Kier molecular flexibility index (Phi) is 16.5. The normalized spacial score (nSPS) is 22.4. The highest BCUT2D eigenvalue weighted by molar-refractivity contribution is 8.44. The van der Waals surface area contributed by atoms with Crippen LogP contribution in [-0.2, 0) is 0 Å². The van der Waals surface area contributed by atoms with E-state index in [9.17, 15) is 0 Å². The lowest BCUT2D eigenvalue weighted by atomic mass is 10.2. The maximum absolute atomic E-state index is 2.43. The van der Waals surface area contributed by atoms with Crippen LogP contribution in [0.2, 0.25) is 0 Å². The molecule has 0 amide bonds. The van der Waals surface area contributed by atoms with Gasteiger partial charge in [-0.1, -0.05) is 94.1 Å². The van der Waals surface area contributed by atoms with Crippen molar-refractivity contribution < 1.29 is 0 Å². The zero-order valence-electron chi connectivity index (χ0n) is 24.9. The highest BCUT2D eigenvalue weighted by atomic mass is 32.3. The highest BCUT2D eigenvalue weighted by Gasteiger charge is 2.38. The highest BCUT2D eigenvalue weighted by Crippen LogP contribution is 2.68. The molecule has 16 heteroatoms. The first kappa shape index (κ1) is 38.8. The van der Waals surface area contributed by atoms with Crippen LogP contribution in [0.5, 0.6) is 0 Å². The molecule has 0 aromatic heterocycles. The smallest absolute Gasteiger partial charge is 0.0717 e. The van der Waals surface area contributed by atoms with Gasteiger partial charge in [-0.25, -0.2) is 0 Å². The summed E-state index contributed by atoms with van der Waals surface area (Å²) in [6.45, 7) is 9.57. The summed E-state index contributed by atoms with van der Waals surface area (Å²) in [6.07, 6.45) is 13.3. The third-order valence-electron chi connectivity index (χ3n) is 5.85. The second-order valence-corrected chi connectivity index (χ2v) is 28.4. The molecule has 42 heavy (non-hydrogen) atoms. The van der Waals surface area contributed by atoms with Gasteiger partial charge in [0.2, 0.25) is 0 Å². The van der Waals surface area contributed by atoms with Crippen molar-refractivity contribution in [1.82, 2.24) is 0 Å². The van der Waals surface area contributed by atoms with Crippen LogP contribution in [0, 0.1) is 0 Å². The minimum Gasteiger partial charge on any atom is -0.154 e. The van der Waals surface area contributed by atoms with Crippen molar-refractivity contribution in [2.75, 3.05) is 49.0 Å². The SMILES string of the molecule is CSC1=C(SC)SC(=C2SC(SC)=C(C(C)(C)SCCSC3=C(SC)S/C(=C4/SC(SC)=C(C(C)(C)SC)S4)S3)S2)S1. The summed E-state index contributed by atoms with van der Waals surface area (Å²) in [6, 6.07) is 0. The second-order valence-electron chi connectivity index (χ2n) is 9.29. The van der Waals surface area contributed by atoms with E-state index < -0.39 is 0 Å². The lowest BCUT2D eigenvalue weighted by Gasteiger charge is -2.26. The summed E-state index contributed by atoms with van der Waals surface area (Å²) < 4.78 is 15.0. The summed E-state index contributed by atoms with van der Waals surface area (Å²) in [7, 11) is 0. The molecule has 0 aromatic carbocycles. The van der Waals surface area contributed by atoms with Gasteiger partial charge in [-0.15, -0.1) is 82.3 Å². The lowest BCUT2D eigenvalue weighted by molar-refractivity contribution is 0.885. The zero-order chi connectivity index (χ0) is 30.7. The molecular weight excluding hydrogens is 825 g/mol. The molecule has 0 aliphatic carbocycles. The van der Waals surface area contributed by atoms with E-state index in [2.05, 4.69) is 88.8 Å². The van der Waals surface area contributed by atoms with Gasteiger partial charge >= 0.3 is 0 Å². The molecule has 4 heterocycles. The Bertz CT molecular complexity index is 1230. The molecule has 0 N–H and O–H groups in total. The van der Waals surface area contributed by atoms with E-state index in [0.29, 0.717) is 0 Å². The van der Waals surface area contributed by atoms with Crippen LogP contribution < -0.4 is 0 Å². The van der Waals surface area contributed by atoms with E-state index in [1.54, 1.807) is 4.91 Å². The first-order valence-corrected chi connectivity index (χ1v) is 28.3. The van der Waals surface area contributed by atoms with Gasteiger partial charge in [-0.3, -0.25) is 0 Å². The monoisotopic (exact) mass is 858 g/mol. The molecular formula is C26H34S16. The molecule has 0 unspecified atom stereocenters. The van der Waals surface area contributed by atoms with Crippen LogP contribution in [0.3, 0.4) is 0 Å². The van der Waals surface area contributed by atoms with Crippen LogP contribution in [0.4, 0.5) is 0 Å². The third-order valence-corrected chi connectivity index (χ3v) is 28.9. The Balaban J connectivity index is 1.34. The molecule has 234 valence electrons. The number of hydrogen-bond donors (Lipinski definition) is 0. The van der Waals surface area contributed by atoms with E-state index in [-0.39, 0.29) is 9.49 Å². The van der Waals surface area contributed by atoms with Gasteiger partial charge in [-0.05, 0) is 65.2 Å². The van der Waals surface area contributed by atoms with Gasteiger partial charge in [0.25, 0.3) is 0 Å². The molecule has 4 aliphatic rings. The van der Waals surface area contributed by atoms with Crippen LogP contribution in [0.1, 0.15) is 27.7 Å². The van der Waals surface area contributed by atoms with Gasteiger partial charge in [0.05, 0.1) is 42.4 Å². The van der Waals surface area contributed by atoms with E-state index in [4.69, 9.17) is 0 Å². The van der Waals surface area contributed by atoms with Crippen LogP contribution in [-0.4, -0.2) is 58.5 Å². The maximum Gasteiger partial charge on any atom is 0.0717 e. The van der Waals surface area contributed by atoms with E-state index in [1.165, 1.54) is 47.3 Å². The molecule has 0 spiro atoms. The average Bonchev–Trinajstić information content (AvgIpc) is 3.78. The maximum atomic E-state index is 2.43. The van der Waals surface area contributed by atoms with Gasteiger partial charge in [-0.2, -0.15) is 11.8 Å². The van der Waals surface area contributed by atoms with Crippen LogP contribution in [0.25, 0.3) is 0 Å². The number of rotatable bonds is 13. The molecule has 0 radical (unpaired) electrons. The topological polar surface area (TPSA) is 0 Å². The largest absolute Gasteiger partial charge is 0.154 e. The lowest BCUT2D eigenvalue weighted by Crippen LogP contribution is -2.17. The molecule has 0 saturated heterocycles. The Labute approximate surface area is 322 Å². The third kappa shape index (κ3) is 9.42. The number of thioether (sulfide) groups is 16. The molecule has 4 rings (SSSR count). The summed E-state index contributed by atoms with van der Waals surface area (Å²) in [5.41, 5.74) is 0. The summed E-state index contributed by atoms with van der Waals surface area (Å²) in [5.74, 6) is 2.29. The predicted octanol–water partition coefficient (Wildman–Crippen LogP) is 15.0. The van der Waals surface area contributed by atoms with Gasteiger partial charge in [0.15, 0.2) is 0 Å². The van der Waals surface area contributed by atoms with Crippen LogP contribution >= 0.6 is 188 Å². The summed E-state index contributed by atoms with van der Waals surface area (Å²) in [5, 5.41) is 0. The van der Waals surface area contributed by atoms with E-state index >= 15 is 0 Å². The second kappa shape index (κ2) is 17.8. The average molecular weight is 860 g/mol. The van der Waals surface area contributed by atoms with Crippen molar-refractivity contribution in [3.8, 4) is 0 Å². The van der Waals surface area contributed by atoms with E-state index in [1.807, 2.05) is 165 Å². The van der Waals surface area contributed by atoms with E-state index in [0.717, 1.165) is 11.5 Å². The Morgan fingerprint density at radius 1 is 0.429 bits per heavy atom. The fourth-order valence-electron chi connectivity index (χ4n) is 3.51. The fourth-order valence-corrected chi connectivity index (χ4v) is 24.9. The summed E-state index contributed by atoms with van der Waals surface area (Å²) >= 11 is 31.6. The Morgan fingerprint density at radius 2 is 0.786 bits per heavy atom. The zero-order valence-corrected chi connectivity index (χ0v) is 38.0. The van der Waals surface area contributed by atoms with Gasteiger partial charge < -0.3 is 0 Å². The Morgan fingerprint density at radius 3 is 1.21 bits per heavy atom. The van der Waals surface area contributed by atoms with Crippen molar-refractivity contribution >= 4 is 188 Å². The fraction of sp³-hybridized carbons (Fsp3) is 0.538. The molecule has 0 aromatic rings. The minimum atomic E-state index is 0.101. The van der Waals surface area contributed by atoms with Gasteiger partial charge in [0.1, 0.15) is 0 Å². The van der Waals surface area contributed by atoms with Crippen molar-refractivity contribution in [2.45, 2.75) is 37.2 Å². The van der Waals surface area contributed by atoms with Crippen molar-refractivity contribution in [1.29, 1.82) is 0 Å². The molecule has 0 nitrogen and oxygen atoms in total. The van der Waals surface area contributed by atoms with Gasteiger partial charge in [0, 0.05) is 30.8 Å². The Hall–Kier alpha value is 4.04. The van der Waals surface area contributed by atoms with Crippen molar-refractivity contribution in [3.63, 3.8) is 0 Å². The molecule has 0 atom stereocenters. The molecule has 0 fully saturated rings. The quantitative estimate of drug-likeness (QED) is 0.161.